The molecule has 84 valence electrons. The topological polar surface area (TPSA) is 79.2 Å². The van der Waals surface area contributed by atoms with Crippen LogP contribution in [0.25, 0.3) is 0 Å². The zero-order valence-electron chi connectivity index (χ0n) is 9.08. The fourth-order valence-corrected chi connectivity index (χ4v) is 0.492. The average molecular weight is 212 g/mol. The third-order valence-electron chi connectivity index (χ3n) is 1.19. The Morgan fingerprint density at radius 2 is 2.20 bits per heavy atom. The van der Waals surface area contributed by atoms with E-state index in [0.29, 0.717) is 6.42 Å². The van der Waals surface area contributed by atoms with Gasteiger partial charge in [-0.25, -0.2) is 0 Å². The van der Waals surface area contributed by atoms with E-state index in [-0.39, 0.29) is 12.5 Å². The average Bonchev–Trinajstić information content (AvgIpc) is 2.23. The quantitative estimate of drug-likeness (QED) is 0.551. The second-order valence-electron chi connectivity index (χ2n) is 2.44. The molecule has 0 aliphatic carbocycles. The highest BCUT2D eigenvalue weighted by Gasteiger charge is 1.91. The molecule has 0 unspecified atom stereocenters. The van der Waals surface area contributed by atoms with Crippen molar-refractivity contribution in [2.24, 2.45) is 0 Å². The van der Waals surface area contributed by atoms with Crippen molar-refractivity contribution in [3.63, 3.8) is 0 Å². The smallest absolute Gasteiger partial charge is 0.303 e. The van der Waals surface area contributed by atoms with Gasteiger partial charge in [0.05, 0.1) is 0 Å². The number of amides is 1. The van der Waals surface area contributed by atoms with E-state index < -0.39 is 5.97 Å². The third-order valence-corrected chi connectivity index (χ3v) is 1.19. The van der Waals surface area contributed by atoms with Crippen LogP contribution in [0.3, 0.4) is 0 Å². The largest absolute Gasteiger partial charge is 0.450 e. The minimum absolute atomic E-state index is 0.0740. The summed E-state index contributed by atoms with van der Waals surface area (Å²) in [4.78, 5) is 20.2. The van der Waals surface area contributed by atoms with Gasteiger partial charge in [-0.1, -0.05) is 6.08 Å². The van der Waals surface area contributed by atoms with E-state index in [1.807, 2.05) is 0 Å². The van der Waals surface area contributed by atoms with Gasteiger partial charge in [-0.3, -0.25) is 9.59 Å². The number of carbonyl (C=O) groups is 2. The second kappa shape index (κ2) is 12.2. The lowest BCUT2D eigenvalue weighted by Crippen LogP contribution is -2.16. The number of hydrogen-bond donors (Lipinski definition) is 1. The van der Waals surface area contributed by atoms with Gasteiger partial charge in [-0.2, -0.15) is 5.26 Å². The molecule has 0 aliphatic heterocycles. The third kappa shape index (κ3) is 18.9. The van der Waals surface area contributed by atoms with Crippen LogP contribution in [0.5, 0.6) is 0 Å². The predicted octanol–water partition coefficient (Wildman–Crippen LogP) is 0.772. The Kier molecular flexibility index (Phi) is 12.7. The van der Waals surface area contributed by atoms with Gasteiger partial charge in [0.1, 0.15) is 6.07 Å². The van der Waals surface area contributed by atoms with E-state index in [9.17, 15) is 9.59 Å². The minimum Gasteiger partial charge on any atom is -0.450 e. The molecule has 0 aromatic carbocycles. The molecule has 1 amide bonds. The van der Waals surface area contributed by atoms with E-state index in [1.54, 1.807) is 19.2 Å². The molecule has 0 heterocycles. The van der Waals surface area contributed by atoms with Crippen molar-refractivity contribution in [2.75, 3.05) is 13.7 Å². The van der Waals surface area contributed by atoms with Crippen molar-refractivity contribution < 1.29 is 14.3 Å². The van der Waals surface area contributed by atoms with Crippen LogP contribution in [0.1, 0.15) is 19.8 Å². The highest BCUT2D eigenvalue weighted by atomic mass is 16.5. The summed E-state index contributed by atoms with van der Waals surface area (Å²) in [6.07, 6.45) is 3.05. The number of nitrogens with one attached hydrogen (secondary N) is 1. The van der Waals surface area contributed by atoms with Gasteiger partial charge < -0.3 is 10.1 Å². The molecular formula is C10H16N2O3. The summed E-state index contributed by atoms with van der Waals surface area (Å²) in [5.74, 6) is -0.341. The van der Waals surface area contributed by atoms with Gasteiger partial charge in [0, 0.05) is 20.4 Å². The fourth-order valence-electron chi connectivity index (χ4n) is 0.492. The van der Waals surface area contributed by atoms with Crippen molar-refractivity contribution in [2.45, 2.75) is 19.8 Å². The van der Waals surface area contributed by atoms with Crippen molar-refractivity contribution in [1.29, 1.82) is 5.26 Å². The van der Waals surface area contributed by atoms with Gasteiger partial charge in [0.2, 0.25) is 5.91 Å². The first-order valence-electron chi connectivity index (χ1n) is 4.40. The van der Waals surface area contributed by atoms with Crippen LogP contribution in [-0.2, 0) is 14.3 Å². The Bertz CT molecular complexity index is 244. The Hall–Kier alpha value is -1.83. The Labute approximate surface area is 89.7 Å². The summed E-state index contributed by atoms with van der Waals surface area (Å²) in [7, 11) is 1.63. The van der Waals surface area contributed by atoms with Gasteiger partial charge in [-0.05, 0) is 6.42 Å². The fraction of sp³-hybridized carbons (Fsp3) is 0.500. The van der Waals surface area contributed by atoms with Crippen LogP contribution in [0.15, 0.2) is 12.7 Å². The lowest BCUT2D eigenvalue weighted by Gasteiger charge is -1.92. The Morgan fingerprint density at radius 1 is 1.60 bits per heavy atom. The summed E-state index contributed by atoms with van der Waals surface area (Å²) in [5.41, 5.74) is 0. The monoisotopic (exact) mass is 212 g/mol. The van der Waals surface area contributed by atoms with Gasteiger partial charge in [0.25, 0.3) is 0 Å². The second-order valence-corrected chi connectivity index (χ2v) is 2.44. The first-order chi connectivity index (χ1) is 7.08. The molecule has 0 saturated carbocycles. The normalized spacial score (nSPS) is 7.53. The molecule has 0 radical (unpaired) electrons. The molecule has 15 heavy (non-hydrogen) atoms. The zero-order valence-corrected chi connectivity index (χ0v) is 9.08. The Balaban J connectivity index is 0. The standard InChI is InChI=1S/C6H11NO.C4H5NO2/c1-3-4-5-6(8)7-2;1-4(6)7-3-2-5/h3H,1,4-5H2,2H3,(H,7,8);3H2,1H3. The van der Waals surface area contributed by atoms with E-state index in [4.69, 9.17) is 5.26 Å². The minimum atomic E-state index is -0.415. The summed E-state index contributed by atoms with van der Waals surface area (Å²) < 4.78 is 4.19. The van der Waals surface area contributed by atoms with E-state index >= 15 is 0 Å². The van der Waals surface area contributed by atoms with E-state index in [2.05, 4.69) is 16.6 Å². The van der Waals surface area contributed by atoms with Crippen molar-refractivity contribution in [3.8, 4) is 6.07 Å². The number of hydrogen-bond acceptors (Lipinski definition) is 4. The number of esters is 1. The molecule has 1 N–H and O–H groups in total. The summed E-state index contributed by atoms with van der Waals surface area (Å²) >= 11 is 0. The van der Waals surface area contributed by atoms with Crippen LogP contribution >= 0.6 is 0 Å². The molecule has 0 fully saturated rings. The van der Waals surface area contributed by atoms with Crippen LogP contribution in [0, 0.1) is 11.3 Å². The highest BCUT2D eigenvalue weighted by Crippen LogP contribution is 1.86. The summed E-state index contributed by atoms with van der Waals surface area (Å²) in [6.45, 7) is 4.60. The molecule has 5 nitrogen and oxygen atoms in total. The van der Waals surface area contributed by atoms with E-state index in [1.165, 1.54) is 6.92 Å². The van der Waals surface area contributed by atoms with Crippen molar-refractivity contribution in [3.05, 3.63) is 12.7 Å². The lowest BCUT2D eigenvalue weighted by molar-refractivity contribution is -0.139. The molecular weight excluding hydrogens is 196 g/mol. The maximum atomic E-state index is 10.4. The number of ether oxygens (including phenoxy) is 1. The SMILES string of the molecule is C=CCCC(=O)NC.CC(=O)OCC#N. The molecule has 0 rings (SSSR count). The molecule has 0 bridgehead atoms. The lowest BCUT2D eigenvalue weighted by atomic mass is 10.3. The van der Waals surface area contributed by atoms with Gasteiger partial charge in [0.15, 0.2) is 6.61 Å². The first kappa shape index (κ1) is 15.6. The van der Waals surface area contributed by atoms with Gasteiger partial charge >= 0.3 is 5.97 Å². The van der Waals surface area contributed by atoms with Crippen LogP contribution < -0.4 is 5.32 Å². The number of carbonyl (C=O) groups excluding carboxylic acids is 2. The summed E-state index contributed by atoms with van der Waals surface area (Å²) in [6, 6.07) is 1.66. The molecule has 0 aromatic rings. The molecule has 0 aliphatic rings. The molecule has 0 aromatic heterocycles. The van der Waals surface area contributed by atoms with Crippen molar-refractivity contribution >= 4 is 11.9 Å². The molecule has 0 spiro atoms. The molecule has 0 atom stereocenters. The Morgan fingerprint density at radius 3 is 2.47 bits per heavy atom. The first-order valence-corrected chi connectivity index (χ1v) is 4.40. The molecule has 0 saturated heterocycles. The van der Waals surface area contributed by atoms with Gasteiger partial charge in [-0.15, -0.1) is 6.58 Å². The number of allylic oxidation sites excluding steroid dienone is 1. The number of nitrogens with zero attached hydrogens (tertiary/aromatic N) is 1. The summed E-state index contributed by atoms with van der Waals surface area (Å²) in [5, 5.41) is 10.3. The predicted molar refractivity (Wildman–Crippen MR) is 55.7 cm³/mol. The van der Waals surface area contributed by atoms with Crippen LogP contribution in [0.2, 0.25) is 0 Å². The highest BCUT2D eigenvalue weighted by molar-refractivity contribution is 5.75. The van der Waals surface area contributed by atoms with Crippen molar-refractivity contribution in [1.82, 2.24) is 5.32 Å². The van der Waals surface area contributed by atoms with Crippen LogP contribution in [-0.4, -0.2) is 25.5 Å². The van der Waals surface area contributed by atoms with Crippen LogP contribution in [0.4, 0.5) is 0 Å². The maximum Gasteiger partial charge on any atom is 0.303 e. The zero-order chi connectivity index (χ0) is 12.1. The van der Waals surface area contributed by atoms with E-state index in [0.717, 1.165) is 6.42 Å². The number of rotatable bonds is 4. The molecule has 5 heteroatoms. The number of nitriles is 1. The maximum absolute atomic E-state index is 10.4.